The van der Waals surface area contributed by atoms with Gasteiger partial charge in [0.05, 0.1) is 4.90 Å². The minimum atomic E-state index is -3.84. The van der Waals surface area contributed by atoms with Crippen molar-refractivity contribution in [1.82, 2.24) is 9.97 Å². The number of aryl methyl sites for hydroxylation is 2. The number of nitrogens with one attached hydrogen (secondary N) is 2. The van der Waals surface area contributed by atoms with Gasteiger partial charge >= 0.3 is 0 Å². The van der Waals surface area contributed by atoms with E-state index < -0.39 is 15.9 Å². The van der Waals surface area contributed by atoms with Gasteiger partial charge in [0.25, 0.3) is 10.0 Å². The van der Waals surface area contributed by atoms with E-state index >= 15 is 0 Å². The van der Waals surface area contributed by atoms with Crippen molar-refractivity contribution >= 4 is 56.7 Å². The highest BCUT2D eigenvalue weighted by Gasteiger charge is 2.15. The lowest BCUT2D eigenvalue weighted by molar-refractivity contribution is -0.111. The highest BCUT2D eigenvalue weighted by atomic mass is 35.5. The molecule has 160 valence electrons. The first-order valence-electron chi connectivity index (χ1n) is 9.02. The first kappa shape index (κ1) is 22.7. The molecule has 3 rings (SSSR count). The van der Waals surface area contributed by atoms with Crippen molar-refractivity contribution in [2.24, 2.45) is 0 Å². The van der Waals surface area contributed by atoms with Crippen LogP contribution in [0, 0.1) is 13.8 Å². The smallest absolute Gasteiger partial charge is 0.263 e. The molecule has 2 aromatic carbocycles. The van der Waals surface area contributed by atoms with Gasteiger partial charge in [0.15, 0.2) is 0 Å². The third kappa shape index (κ3) is 6.04. The maximum absolute atomic E-state index is 12.6. The zero-order valence-corrected chi connectivity index (χ0v) is 18.9. The maximum Gasteiger partial charge on any atom is 0.263 e. The Balaban J connectivity index is 1.69. The summed E-state index contributed by atoms with van der Waals surface area (Å²) in [6, 6.07) is 12.3. The molecule has 0 fully saturated rings. The van der Waals surface area contributed by atoms with Crippen molar-refractivity contribution in [2.75, 3.05) is 10.0 Å². The van der Waals surface area contributed by atoms with Crippen molar-refractivity contribution in [3.63, 3.8) is 0 Å². The molecule has 0 saturated carbocycles. The molecule has 0 aliphatic carbocycles. The molecule has 0 saturated heterocycles. The second-order valence-electron chi connectivity index (χ2n) is 6.53. The van der Waals surface area contributed by atoms with Gasteiger partial charge in [-0.25, -0.2) is 18.4 Å². The number of carbonyl (C=O) groups excluding carboxylic acids is 1. The van der Waals surface area contributed by atoms with Gasteiger partial charge < -0.3 is 5.32 Å². The van der Waals surface area contributed by atoms with Gasteiger partial charge in [0.1, 0.15) is 11.6 Å². The number of amides is 1. The number of hydrogen-bond donors (Lipinski definition) is 2. The fraction of sp³-hybridized carbons (Fsp3) is 0.0952. The number of aromatic nitrogens is 2. The Morgan fingerprint density at radius 1 is 1.00 bits per heavy atom. The highest BCUT2D eigenvalue weighted by Crippen LogP contribution is 2.25. The van der Waals surface area contributed by atoms with Crippen molar-refractivity contribution in [3.05, 3.63) is 81.7 Å². The van der Waals surface area contributed by atoms with E-state index in [0.717, 1.165) is 0 Å². The first-order valence-corrected chi connectivity index (χ1v) is 11.3. The molecular weight excluding hydrogens is 459 g/mol. The van der Waals surface area contributed by atoms with Crippen molar-refractivity contribution in [2.45, 2.75) is 18.7 Å². The SMILES string of the molecule is Cc1cc(NS(=O)(=O)c2ccc(NC(=O)C=Cc3c(Cl)cccc3Cl)cc2)nc(C)n1. The molecule has 0 unspecified atom stereocenters. The molecular formula is C21H18Cl2N4O3S. The van der Waals surface area contributed by atoms with Crippen LogP contribution in [0.5, 0.6) is 0 Å². The largest absolute Gasteiger partial charge is 0.323 e. The van der Waals surface area contributed by atoms with Crippen LogP contribution < -0.4 is 10.0 Å². The van der Waals surface area contributed by atoms with Crippen LogP contribution in [0.1, 0.15) is 17.1 Å². The van der Waals surface area contributed by atoms with Gasteiger partial charge in [-0.15, -0.1) is 0 Å². The molecule has 0 radical (unpaired) electrons. The summed E-state index contributed by atoms with van der Waals surface area (Å²) in [5, 5.41) is 3.49. The van der Waals surface area contributed by atoms with E-state index in [-0.39, 0.29) is 10.7 Å². The molecule has 0 aliphatic heterocycles. The lowest BCUT2D eigenvalue weighted by Gasteiger charge is -2.09. The average molecular weight is 477 g/mol. The van der Waals surface area contributed by atoms with Gasteiger partial charge in [-0.2, -0.15) is 0 Å². The molecule has 3 aromatic rings. The fourth-order valence-electron chi connectivity index (χ4n) is 2.70. The van der Waals surface area contributed by atoms with Gasteiger partial charge in [0.2, 0.25) is 5.91 Å². The predicted octanol–water partition coefficient (Wildman–Crippen LogP) is 4.85. The van der Waals surface area contributed by atoms with E-state index in [1.165, 1.54) is 42.5 Å². The Hall–Kier alpha value is -2.94. The molecule has 0 bridgehead atoms. The Morgan fingerprint density at radius 3 is 2.26 bits per heavy atom. The Morgan fingerprint density at radius 2 is 1.65 bits per heavy atom. The number of halogens is 2. The van der Waals surface area contributed by atoms with Crippen LogP contribution in [0.4, 0.5) is 11.5 Å². The Labute approximate surface area is 190 Å². The molecule has 2 N–H and O–H groups in total. The number of sulfonamides is 1. The summed E-state index contributed by atoms with van der Waals surface area (Å²) in [4.78, 5) is 20.4. The number of nitrogens with zero attached hydrogens (tertiary/aromatic N) is 2. The van der Waals surface area contributed by atoms with E-state index in [4.69, 9.17) is 23.2 Å². The maximum atomic E-state index is 12.6. The molecule has 10 heteroatoms. The van der Waals surface area contributed by atoms with Gasteiger partial charge in [0, 0.05) is 39.1 Å². The van der Waals surface area contributed by atoms with Gasteiger partial charge in [-0.1, -0.05) is 29.3 Å². The van der Waals surface area contributed by atoms with E-state index in [0.29, 0.717) is 32.8 Å². The van der Waals surface area contributed by atoms with Crippen LogP contribution in [0.2, 0.25) is 10.0 Å². The van der Waals surface area contributed by atoms with Crippen LogP contribution in [-0.4, -0.2) is 24.3 Å². The molecule has 0 atom stereocenters. The van der Waals surface area contributed by atoms with Crippen molar-refractivity contribution < 1.29 is 13.2 Å². The number of carbonyl (C=O) groups is 1. The van der Waals surface area contributed by atoms with Crippen LogP contribution in [0.25, 0.3) is 6.08 Å². The molecule has 1 amide bonds. The summed E-state index contributed by atoms with van der Waals surface area (Å²) in [5.74, 6) is 0.226. The third-order valence-corrected chi connectivity index (χ3v) is 6.07. The predicted molar refractivity (Wildman–Crippen MR) is 123 cm³/mol. The Bertz CT molecular complexity index is 1220. The zero-order valence-electron chi connectivity index (χ0n) is 16.6. The lowest BCUT2D eigenvalue weighted by atomic mass is 10.2. The molecule has 1 aromatic heterocycles. The monoisotopic (exact) mass is 476 g/mol. The minimum absolute atomic E-state index is 0.0257. The molecule has 1 heterocycles. The second-order valence-corrected chi connectivity index (χ2v) is 9.03. The number of hydrogen-bond acceptors (Lipinski definition) is 5. The summed E-state index contributed by atoms with van der Waals surface area (Å²) < 4.78 is 27.6. The minimum Gasteiger partial charge on any atom is -0.323 e. The number of rotatable bonds is 6. The summed E-state index contributed by atoms with van der Waals surface area (Å²) >= 11 is 12.1. The fourth-order valence-corrected chi connectivity index (χ4v) is 4.21. The zero-order chi connectivity index (χ0) is 22.6. The quantitative estimate of drug-likeness (QED) is 0.494. The molecule has 7 nitrogen and oxygen atoms in total. The van der Waals surface area contributed by atoms with Crippen LogP contribution in [-0.2, 0) is 14.8 Å². The lowest BCUT2D eigenvalue weighted by Crippen LogP contribution is -2.15. The van der Waals surface area contributed by atoms with Crippen LogP contribution in [0.3, 0.4) is 0 Å². The summed E-state index contributed by atoms with van der Waals surface area (Å²) in [7, 11) is -3.84. The topological polar surface area (TPSA) is 101 Å². The number of anilines is 2. The standard InChI is InChI=1S/C21H18Cl2N4O3S/c1-13-12-20(25-14(2)24-13)27-31(29,30)16-8-6-15(7-9-16)26-21(28)11-10-17-18(22)4-3-5-19(17)23/h3-12H,1-2H3,(H,26,28)(H,24,25,27). The van der Waals surface area contributed by atoms with Gasteiger partial charge in [-0.05, 0) is 56.3 Å². The summed E-state index contributed by atoms with van der Waals surface area (Å²) in [6.45, 7) is 3.43. The Kier molecular flexibility index (Phi) is 6.94. The van der Waals surface area contributed by atoms with Crippen LogP contribution >= 0.6 is 23.2 Å². The normalized spacial score (nSPS) is 11.5. The van der Waals surface area contributed by atoms with E-state index in [2.05, 4.69) is 20.0 Å². The molecule has 0 aliphatic rings. The molecule has 31 heavy (non-hydrogen) atoms. The third-order valence-electron chi connectivity index (χ3n) is 4.04. The van der Waals surface area contributed by atoms with Crippen molar-refractivity contribution in [3.8, 4) is 0 Å². The van der Waals surface area contributed by atoms with E-state index in [9.17, 15) is 13.2 Å². The van der Waals surface area contributed by atoms with Crippen molar-refractivity contribution in [1.29, 1.82) is 0 Å². The van der Waals surface area contributed by atoms with E-state index in [1.54, 1.807) is 32.0 Å². The molecule has 0 spiro atoms. The summed E-state index contributed by atoms with van der Waals surface area (Å²) in [6.07, 6.45) is 2.80. The average Bonchev–Trinajstić information content (AvgIpc) is 2.67. The van der Waals surface area contributed by atoms with Gasteiger partial charge in [-0.3, -0.25) is 9.52 Å². The summed E-state index contributed by atoms with van der Waals surface area (Å²) in [5.41, 5.74) is 1.60. The van der Waals surface area contributed by atoms with Crippen LogP contribution in [0.15, 0.2) is 59.5 Å². The van der Waals surface area contributed by atoms with E-state index in [1.807, 2.05) is 0 Å². The highest BCUT2D eigenvalue weighted by molar-refractivity contribution is 7.92. The second kappa shape index (κ2) is 9.47. The number of benzene rings is 2. The first-order chi connectivity index (χ1) is 14.6.